The van der Waals surface area contributed by atoms with Crippen molar-refractivity contribution >= 4 is 10.9 Å². The molecule has 0 saturated heterocycles. The summed E-state index contributed by atoms with van der Waals surface area (Å²) in [5, 5.41) is 13.0. The molecule has 4 aromatic rings. The molecule has 2 aromatic carbocycles. The lowest BCUT2D eigenvalue weighted by molar-refractivity contribution is -0.136. The van der Waals surface area contributed by atoms with Gasteiger partial charge in [-0.25, -0.2) is 4.39 Å². The lowest BCUT2D eigenvalue weighted by Crippen LogP contribution is -2.09. The first-order valence-corrected chi connectivity index (χ1v) is 8.59. The zero-order valence-electron chi connectivity index (χ0n) is 15.1. The summed E-state index contributed by atoms with van der Waals surface area (Å²) in [6.07, 6.45) is -4.65. The van der Waals surface area contributed by atoms with Gasteiger partial charge >= 0.3 is 6.18 Å². The molecule has 0 amide bonds. The summed E-state index contributed by atoms with van der Waals surface area (Å²) in [7, 11) is 0. The number of hydrogen-bond acceptors (Lipinski definition) is 3. The number of alkyl halides is 3. The summed E-state index contributed by atoms with van der Waals surface area (Å²) in [4.78, 5) is 0. The number of nitriles is 1. The van der Waals surface area contributed by atoms with E-state index in [1.54, 1.807) is 35.8 Å². The molecule has 29 heavy (non-hydrogen) atoms. The maximum atomic E-state index is 13.5. The summed E-state index contributed by atoms with van der Waals surface area (Å²) in [6, 6.07) is 13.1. The highest BCUT2D eigenvalue weighted by molar-refractivity contribution is 5.87. The Morgan fingerprint density at radius 1 is 1.10 bits per heavy atom. The Morgan fingerprint density at radius 2 is 1.83 bits per heavy atom. The number of fused-ring (bicyclic) bond motifs is 1. The van der Waals surface area contributed by atoms with E-state index in [9.17, 15) is 17.6 Å². The van der Waals surface area contributed by atoms with Crippen LogP contribution >= 0.6 is 0 Å². The van der Waals surface area contributed by atoms with Gasteiger partial charge in [0, 0.05) is 28.2 Å². The number of nitrogens with zero attached hydrogens (tertiary/aromatic N) is 3. The molecule has 0 bridgehead atoms. The molecule has 4 rings (SSSR count). The molecule has 0 saturated carbocycles. The fourth-order valence-electron chi connectivity index (χ4n) is 3.37. The van der Waals surface area contributed by atoms with Crippen LogP contribution in [0.3, 0.4) is 0 Å². The van der Waals surface area contributed by atoms with Crippen molar-refractivity contribution in [2.75, 3.05) is 0 Å². The van der Waals surface area contributed by atoms with Crippen LogP contribution in [-0.2, 0) is 12.7 Å². The Labute approximate surface area is 162 Å². The zero-order valence-corrected chi connectivity index (χ0v) is 15.1. The summed E-state index contributed by atoms with van der Waals surface area (Å²) in [5.41, 5.74) is 0.723. The monoisotopic (exact) mass is 399 g/mol. The molecule has 0 aliphatic rings. The number of benzene rings is 2. The van der Waals surface area contributed by atoms with Crippen LogP contribution in [0.2, 0.25) is 0 Å². The summed E-state index contributed by atoms with van der Waals surface area (Å²) >= 11 is 0. The standard InChI is InChI=1S/C21H13F4N3O/c1-12-8-17-18(7-4-14(10-26)20(17)21(23,24)25)28(12)11-16-9-19(29-27-16)13-2-5-15(22)6-3-13/h2-9H,11H2,1H3. The highest BCUT2D eigenvalue weighted by Gasteiger charge is 2.36. The number of aromatic nitrogens is 2. The van der Waals surface area contributed by atoms with E-state index in [0.717, 1.165) is 0 Å². The van der Waals surface area contributed by atoms with E-state index in [1.807, 2.05) is 0 Å². The minimum absolute atomic E-state index is 0.0312. The van der Waals surface area contributed by atoms with Gasteiger partial charge in [0.15, 0.2) is 5.76 Å². The molecule has 146 valence electrons. The van der Waals surface area contributed by atoms with Crippen LogP contribution in [0.15, 0.2) is 53.1 Å². The Kier molecular flexibility index (Phi) is 4.38. The van der Waals surface area contributed by atoms with Gasteiger partial charge in [-0.3, -0.25) is 0 Å². The Hall–Kier alpha value is -3.60. The minimum atomic E-state index is -4.65. The van der Waals surface area contributed by atoms with E-state index in [1.165, 1.54) is 30.3 Å². The van der Waals surface area contributed by atoms with Crippen molar-refractivity contribution < 1.29 is 22.1 Å². The molecule has 0 radical (unpaired) electrons. The van der Waals surface area contributed by atoms with E-state index in [2.05, 4.69) is 5.16 Å². The lowest BCUT2D eigenvalue weighted by Gasteiger charge is -2.11. The third-order valence-corrected chi connectivity index (χ3v) is 4.70. The molecular formula is C21H13F4N3O. The van der Waals surface area contributed by atoms with Gasteiger partial charge in [-0.2, -0.15) is 18.4 Å². The first kappa shape index (κ1) is 18.7. The van der Waals surface area contributed by atoms with Crippen molar-refractivity contribution in [2.24, 2.45) is 0 Å². The molecule has 2 heterocycles. The Balaban J connectivity index is 1.75. The average molecular weight is 399 g/mol. The maximum absolute atomic E-state index is 13.5. The van der Waals surface area contributed by atoms with Crippen molar-refractivity contribution in [2.45, 2.75) is 19.6 Å². The van der Waals surface area contributed by atoms with Crippen molar-refractivity contribution in [3.8, 4) is 17.4 Å². The van der Waals surface area contributed by atoms with E-state index >= 15 is 0 Å². The van der Waals surface area contributed by atoms with Crippen LogP contribution in [0, 0.1) is 24.1 Å². The van der Waals surface area contributed by atoms with Gasteiger partial charge in [-0.05, 0) is 49.4 Å². The number of aryl methyl sites for hydroxylation is 1. The number of halogens is 4. The summed E-state index contributed by atoms with van der Waals surface area (Å²) in [6.45, 7) is 1.87. The summed E-state index contributed by atoms with van der Waals surface area (Å²) in [5.74, 6) is 0.0528. The van der Waals surface area contributed by atoms with E-state index in [-0.39, 0.29) is 17.7 Å². The second-order valence-corrected chi connectivity index (χ2v) is 6.59. The van der Waals surface area contributed by atoms with E-state index < -0.39 is 17.3 Å². The lowest BCUT2D eigenvalue weighted by atomic mass is 10.0. The van der Waals surface area contributed by atoms with E-state index in [4.69, 9.17) is 9.78 Å². The average Bonchev–Trinajstić information content (AvgIpc) is 3.26. The van der Waals surface area contributed by atoms with Crippen molar-refractivity contribution in [3.63, 3.8) is 0 Å². The van der Waals surface area contributed by atoms with Gasteiger partial charge in [-0.15, -0.1) is 0 Å². The summed E-state index contributed by atoms with van der Waals surface area (Å²) < 4.78 is 60.7. The van der Waals surface area contributed by atoms with Crippen molar-refractivity contribution in [3.05, 3.63) is 76.9 Å². The Morgan fingerprint density at radius 3 is 2.48 bits per heavy atom. The Bertz CT molecular complexity index is 1240. The quantitative estimate of drug-likeness (QED) is 0.416. The van der Waals surface area contributed by atoms with Gasteiger partial charge in [0.1, 0.15) is 11.5 Å². The molecule has 2 aromatic heterocycles. The van der Waals surface area contributed by atoms with Crippen LogP contribution in [0.4, 0.5) is 17.6 Å². The number of rotatable bonds is 3. The fourth-order valence-corrected chi connectivity index (χ4v) is 3.37. The molecule has 0 atom stereocenters. The molecule has 0 aliphatic heterocycles. The van der Waals surface area contributed by atoms with Crippen LogP contribution < -0.4 is 0 Å². The zero-order chi connectivity index (χ0) is 20.8. The SMILES string of the molecule is Cc1cc2c(C(F)(F)F)c(C#N)ccc2n1Cc1cc(-c2ccc(F)cc2)on1. The van der Waals surface area contributed by atoms with Crippen LogP contribution in [0.1, 0.15) is 22.5 Å². The fraction of sp³-hybridized carbons (Fsp3) is 0.143. The highest BCUT2D eigenvalue weighted by atomic mass is 19.4. The van der Waals surface area contributed by atoms with Gasteiger partial charge in [0.2, 0.25) is 0 Å². The van der Waals surface area contributed by atoms with Gasteiger partial charge in [0.25, 0.3) is 0 Å². The third-order valence-electron chi connectivity index (χ3n) is 4.70. The van der Waals surface area contributed by atoms with Crippen LogP contribution in [0.5, 0.6) is 0 Å². The second-order valence-electron chi connectivity index (χ2n) is 6.59. The molecule has 4 nitrogen and oxygen atoms in total. The largest absolute Gasteiger partial charge is 0.418 e. The van der Waals surface area contributed by atoms with Gasteiger partial charge < -0.3 is 9.09 Å². The first-order valence-electron chi connectivity index (χ1n) is 8.59. The predicted octanol–water partition coefficient (Wildman–Crippen LogP) is 5.68. The van der Waals surface area contributed by atoms with Crippen LogP contribution in [0.25, 0.3) is 22.2 Å². The van der Waals surface area contributed by atoms with Crippen molar-refractivity contribution in [1.82, 2.24) is 9.72 Å². The molecule has 8 heteroatoms. The smallest absolute Gasteiger partial charge is 0.356 e. The molecule has 0 unspecified atom stereocenters. The molecular weight excluding hydrogens is 386 g/mol. The van der Waals surface area contributed by atoms with E-state index in [0.29, 0.717) is 28.2 Å². The number of hydrogen-bond donors (Lipinski definition) is 0. The predicted molar refractivity (Wildman–Crippen MR) is 97.4 cm³/mol. The third kappa shape index (κ3) is 3.36. The first-order chi connectivity index (χ1) is 13.8. The second kappa shape index (κ2) is 6.78. The molecule has 0 fully saturated rings. The molecule has 0 spiro atoms. The molecule has 0 N–H and O–H groups in total. The normalized spacial score (nSPS) is 11.7. The highest BCUT2D eigenvalue weighted by Crippen LogP contribution is 2.38. The molecule has 0 aliphatic carbocycles. The van der Waals surface area contributed by atoms with Crippen molar-refractivity contribution in [1.29, 1.82) is 5.26 Å². The minimum Gasteiger partial charge on any atom is -0.356 e. The topological polar surface area (TPSA) is 54.8 Å². The van der Waals surface area contributed by atoms with Gasteiger partial charge in [0.05, 0.1) is 23.7 Å². The maximum Gasteiger partial charge on any atom is 0.418 e. The van der Waals surface area contributed by atoms with Crippen LogP contribution in [-0.4, -0.2) is 9.72 Å². The van der Waals surface area contributed by atoms with Gasteiger partial charge in [-0.1, -0.05) is 5.16 Å².